The summed E-state index contributed by atoms with van der Waals surface area (Å²) in [5.41, 5.74) is 3.96. The van der Waals surface area contributed by atoms with Gasteiger partial charge in [-0.25, -0.2) is 9.97 Å². The van der Waals surface area contributed by atoms with Crippen LogP contribution >= 0.6 is 11.3 Å². The first-order chi connectivity index (χ1) is 10.9. The maximum atomic E-state index is 4.50. The van der Waals surface area contributed by atoms with Crippen LogP contribution in [0.3, 0.4) is 0 Å². The van der Waals surface area contributed by atoms with Gasteiger partial charge in [0.15, 0.2) is 5.65 Å². The molecule has 106 valence electrons. The topological polar surface area (TPSA) is 41.6 Å². The summed E-state index contributed by atoms with van der Waals surface area (Å²) in [4.78, 5) is 13.5. The van der Waals surface area contributed by atoms with Crippen LogP contribution < -0.4 is 0 Å². The minimum absolute atomic E-state index is 0.744. The van der Waals surface area contributed by atoms with Crippen LogP contribution in [0.15, 0.2) is 60.1 Å². The number of hydrogen-bond donors (Lipinski definition) is 1. The van der Waals surface area contributed by atoms with Crippen molar-refractivity contribution in [1.82, 2.24) is 15.0 Å². The van der Waals surface area contributed by atoms with E-state index in [4.69, 9.17) is 0 Å². The molecule has 4 aromatic rings. The highest BCUT2D eigenvalue weighted by molar-refractivity contribution is 7.13. The zero-order valence-electron chi connectivity index (χ0n) is 11.7. The van der Waals surface area contributed by atoms with Crippen molar-refractivity contribution in [2.75, 3.05) is 0 Å². The van der Waals surface area contributed by atoms with Crippen LogP contribution in [-0.4, -0.2) is 15.0 Å². The molecule has 1 aromatic carbocycles. The van der Waals surface area contributed by atoms with Gasteiger partial charge < -0.3 is 4.98 Å². The monoisotopic (exact) mass is 303 g/mol. The zero-order valence-corrected chi connectivity index (χ0v) is 12.5. The fraction of sp³-hybridized carbons (Fsp3) is 0. The van der Waals surface area contributed by atoms with Crippen LogP contribution in [0.4, 0.5) is 0 Å². The number of rotatable bonds is 3. The highest BCUT2D eigenvalue weighted by Crippen LogP contribution is 2.26. The van der Waals surface area contributed by atoms with Gasteiger partial charge in [0.25, 0.3) is 0 Å². The van der Waals surface area contributed by atoms with Crippen LogP contribution in [0.2, 0.25) is 0 Å². The van der Waals surface area contributed by atoms with Crippen molar-refractivity contribution in [3.05, 3.63) is 71.5 Å². The van der Waals surface area contributed by atoms with E-state index in [1.54, 1.807) is 11.3 Å². The quantitative estimate of drug-likeness (QED) is 0.587. The normalized spacial score (nSPS) is 11.5. The van der Waals surface area contributed by atoms with Gasteiger partial charge in [-0.3, -0.25) is 0 Å². The van der Waals surface area contributed by atoms with Gasteiger partial charge >= 0.3 is 0 Å². The van der Waals surface area contributed by atoms with Gasteiger partial charge in [-0.2, -0.15) is 0 Å². The Balaban J connectivity index is 1.67. The molecule has 4 rings (SSSR count). The van der Waals surface area contributed by atoms with Crippen LogP contribution in [-0.2, 0) is 0 Å². The predicted octanol–water partition coefficient (Wildman–Crippen LogP) is 4.86. The van der Waals surface area contributed by atoms with Crippen molar-refractivity contribution in [3.63, 3.8) is 0 Å². The molecule has 0 aliphatic carbocycles. The molecule has 1 N–H and O–H groups in total. The number of hydrogen-bond acceptors (Lipinski definition) is 3. The Morgan fingerprint density at radius 2 is 1.91 bits per heavy atom. The molecule has 0 saturated carbocycles. The molecular formula is C18H13N3S. The standard InChI is InChI=1S/C18H13N3S/c1-2-5-13(6-3-1)8-9-17-20-15-11-14(12-19-18(15)21-17)16-7-4-10-22-16/h1-12H,(H,19,20,21)/b9-8+. The molecular weight excluding hydrogens is 290 g/mol. The molecule has 22 heavy (non-hydrogen) atoms. The highest BCUT2D eigenvalue weighted by atomic mass is 32.1. The van der Waals surface area contributed by atoms with Gasteiger partial charge in [0.05, 0.1) is 5.52 Å². The summed E-state index contributed by atoms with van der Waals surface area (Å²) < 4.78 is 0. The van der Waals surface area contributed by atoms with Crippen molar-refractivity contribution in [3.8, 4) is 10.4 Å². The summed E-state index contributed by atoms with van der Waals surface area (Å²) in [7, 11) is 0. The fourth-order valence-electron chi connectivity index (χ4n) is 2.31. The first-order valence-electron chi connectivity index (χ1n) is 7.01. The van der Waals surface area contributed by atoms with Crippen molar-refractivity contribution >= 4 is 34.7 Å². The summed E-state index contributed by atoms with van der Waals surface area (Å²) >= 11 is 1.71. The van der Waals surface area contributed by atoms with Crippen LogP contribution in [0.25, 0.3) is 33.8 Å². The number of fused-ring (bicyclic) bond motifs is 1. The van der Waals surface area contributed by atoms with Gasteiger partial charge in [0, 0.05) is 16.6 Å². The van der Waals surface area contributed by atoms with E-state index in [1.165, 1.54) is 4.88 Å². The van der Waals surface area contributed by atoms with Gasteiger partial charge in [0.2, 0.25) is 0 Å². The first-order valence-corrected chi connectivity index (χ1v) is 7.89. The van der Waals surface area contributed by atoms with Crippen molar-refractivity contribution in [2.24, 2.45) is 0 Å². The Hall–Kier alpha value is -2.72. The maximum absolute atomic E-state index is 4.50. The van der Waals surface area contributed by atoms with Crippen LogP contribution in [0.1, 0.15) is 11.4 Å². The molecule has 3 aromatic heterocycles. The second-order valence-corrected chi connectivity index (χ2v) is 5.89. The highest BCUT2D eigenvalue weighted by Gasteiger charge is 2.05. The lowest BCUT2D eigenvalue weighted by Gasteiger charge is -1.95. The SMILES string of the molecule is C(=C\c1nc2ncc(-c3cccs3)cc2[nH]1)/c1ccccc1. The second kappa shape index (κ2) is 5.58. The summed E-state index contributed by atoms with van der Waals surface area (Å²) in [6.45, 7) is 0. The summed E-state index contributed by atoms with van der Waals surface area (Å²) in [5, 5.41) is 2.07. The number of aromatic amines is 1. The zero-order chi connectivity index (χ0) is 14.8. The van der Waals surface area contributed by atoms with E-state index in [1.807, 2.05) is 42.6 Å². The Labute approximate surface area is 132 Å². The van der Waals surface area contributed by atoms with Crippen molar-refractivity contribution < 1.29 is 0 Å². The van der Waals surface area contributed by atoms with Gasteiger partial charge in [-0.15, -0.1) is 11.3 Å². The fourth-order valence-corrected chi connectivity index (χ4v) is 3.02. The smallest absolute Gasteiger partial charge is 0.178 e. The molecule has 4 heteroatoms. The number of benzene rings is 1. The molecule has 0 aliphatic heterocycles. The Morgan fingerprint density at radius 3 is 2.73 bits per heavy atom. The van der Waals surface area contributed by atoms with E-state index >= 15 is 0 Å². The summed E-state index contributed by atoms with van der Waals surface area (Å²) in [6, 6.07) is 16.4. The number of H-pyrrole nitrogens is 1. The molecule has 0 radical (unpaired) electrons. The Morgan fingerprint density at radius 1 is 1.00 bits per heavy atom. The minimum atomic E-state index is 0.744. The molecule has 0 aliphatic rings. The van der Waals surface area contributed by atoms with E-state index in [0.29, 0.717) is 0 Å². The van der Waals surface area contributed by atoms with E-state index < -0.39 is 0 Å². The molecule has 0 saturated heterocycles. The summed E-state index contributed by atoms with van der Waals surface area (Å²) in [6.07, 6.45) is 5.89. The molecule has 3 heterocycles. The number of thiophene rings is 1. The van der Waals surface area contributed by atoms with Gasteiger partial charge in [0.1, 0.15) is 5.82 Å². The molecule has 0 atom stereocenters. The minimum Gasteiger partial charge on any atom is -0.337 e. The maximum Gasteiger partial charge on any atom is 0.178 e. The van der Waals surface area contributed by atoms with Gasteiger partial charge in [-0.1, -0.05) is 42.5 Å². The molecule has 0 fully saturated rings. The largest absolute Gasteiger partial charge is 0.337 e. The number of aromatic nitrogens is 3. The molecule has 0 amide bonds. The third kappa shape index (κ3) is 2.56. The Bertz CT molecular complexity index is 922. The summed E-state index contributed by atoms with van der Waals surface area (Å²) in [5.74, 6) is 0.815. The number of nitrogens with one attached hydrogen (secondary N) is 1. The third-order valence-electron chi connectivity index (χ3n) is 3.39. The Kier molecular flexibility index (Phi) is 3.29. The van der Waals surface area contributed by atoms with E-state index in [2.05, 4.69) is 44.6 Å². The number of pyridine rings is 1. The van der Waals surface area contributed by atoms with Gasteiger partial charge in [-0.05, 0) is 29.2 Å². The van der Waals surface area contributed by atoms with Crippen molar-refractivity contribution in [1.29, 1.82) is 0 Å². The number of imidazole rings is 1. The first kappa shape index (κ1) is 13.0. The van der Waals surface area contributed by atoms with Crippen LogP contribution in [0.5, 0.6) is 0 Å². The molecule has 0 spiro atoms. The van der Waals surface area contributed by atoms with E-state index in [-0.39, 0.29) is 0 Å². The lowest BCUT2D eigenvalue weighted by molar-refractivity contribution is 1.27. The van der Waals surface area contributed by atoms with Crippen molar-refractivity contribution in [2.45, 2.75) is 0 Å². The average Bonchev–Trinajstić information content (AvgIpc) is 3.22. The third-order valence-corrected chi connectivity index (χ3v) is 4.31. The second-order valence-electron chi connectivity index (χ2n) is 4.94. The van der Waals surface area contributed by atoms with Crippen LogP contribution in [0, 0.1) is 0 Å². The molecule has 0 unspecified atom stereocenters. The number of nitrogens with zero attached hydrogens (tertiary/aromatic N) is 2. The van der Waals surface area contributed by atoms with E-state index in [0.717, 1.165) is 28.1 Å². The molecule has 0 bridgehead atoms. The predicted molar refractivity (Wildman–Crippen MR) is 92.6 cm³/mol. The lowest BCUT2D eigenvalue weighted by atomic mass is 10.2. The lowest BCUT2D eigenvalue weighted by Crippen LogP contribution is -1.78. The van der Waals surface area contributed by atoms with E-state index in [9.17, 15) is 0 Å². The molecule has 3 nitrogen and oxygen atoms in total. The average molecular weight is 303 g/mol.